The number of benzene rings is 1. The number of aromatic nitrogens is 1. The Morgan fingerprint density at radius 2 is 2.05 bits per heavy atom. The van der Waals surface area contributed by atoms with E-state index in [4.69, 9.17) is 27.0 Å². The average molecular weight is 288 g/mol. The van der Waals surface area contributed by atoms with Crippen LogP contribution in [0.2, 0.25) is 5.02 Å². The summed E-state index contributed by atoms with van der Waals surface area (Å²) in [6, 6.07) is 6.34. The van der Waals surface area contributed by atoms with Crippen LogP contribution in [0, 0.1) is 11.3 Å². The maximum absolute atomic E-state index is 12.0. The first kappa shape index (κ1) is 12.3. The Hall–Kier alpha value is -2.78. The Labute approximate surface area is 116 Å². The molecule has 3 aromatic rings. The van der Waals surface area contributed by atoms with Gasteiger partial charge in [0.2, 0.25) is 0 Å². The number of nitrogens with one attached hydrogen (secondary N) is 1. The number of nitrogens with zero attached hydrogens (tertiary/aromatic N) is 1. The first-order chi connectivity index (χ1) is 9.52. The van der Waals surface area contributed by atoms with Crippen LogP contribution in [0.3, 0.4) is 0 Å². The Kier molecular flexibility index (Phi) is 2.52. The Bertz CT molecular complexity index is 1030. The van der Waals surface area contributed by atoms with Crippen LogP contribution in [-0.4, -0.2) is 4.98 Å². The van der Waals surface area contributed by atoms with Gasteiger partial charge in [0.25, 0.3) is 5.56 Å². The molecule has 7 heteroatoms. The summed E-state index contributed by atoms with van der Waals surface area (Å²) in [7, 11) is 0. The molecule has 20 heavy (non-hydrogen) atoms. The number of hydrogen-bond acceptors (Lipinski definition) is 5. The first-order valence-corrected chi connectivity index (χ1v) is 5.88. The second kappa shape index (κ2) is 4.11. The molecule has 0 saturated carbocycles. The molecule has 6 nitrogen and oxygen atoms in total. The molecule has 2 aromatic heterocycles. The molecule has 2 heterocycles. The summed E-state index contributed by atoms with van der Waals surface area (Å²) >= 11 is 5.91. The minimum absolute atomic E-state index is 0.0316. The molecule has 0 bridgehead atoms. The van der Waals surface area contributed by atoms with Crippen molar-refractivity contribution < 1.29 is 4.42 Å². The fourth-order valence-electron chi connectivity index (χ4n) is 2.15. The number of anilines is 1. The highest BCUT2D eigenvalue weighted by atomic mass is 35.5. The van der Waals surface area contributed by atoms with Crippen LogP contribution < -0.4 is 16.9 Å². The summed E-state index contributed by atoms with van der Waals surface area (Å²) in [5.41, 5.74) is 4.30. The molecule has 0 aliphatic heterocycles. The number of hydrogen-bond donors (Lipinski definition) is 2. The lowest BCUT2D eigenvalue weighted by Gasteiger charge is -2.06. The molecule has 0 fully saturated rings. The number of nitrogens with two attached hydrogens (primary N) is 1. The van der Waals surface area contributed by atoms with E-state index < -0.39 is 11.2 Å². The number of nitrogen functional groups attached to an aromatic ring is 1. The zero-order valence-corrected chi connectivity index (χ0v) is 10.6. The first-order valence-electron chi connectivity index (χ1n) is 5.51. The molecule has 0 aliphatic rings. The molecule has 0 radical (unpaired) electrons. The van der Waals surface area contributed by atoms with E-state index in [0.717, 1.165) is 0 Å². The topological polar surface area (TPSA) is 113 Å². The van der Waals surface area contributed by atoms with Gasteiger partial charge in [-0.2, -0.15) is 5.26 Å². The van der Waals surface area contributed by atoms with Gasteiger partial charge in [-0.3, -0.25) is 4.79 Å². The van der Waals surface area contributed by atoms with Crippen LogP contribution in [0.1, 0.15) is 5.56 Å². The second-order valence-corrected chi connectivity index (χ2v) is 4.57. The fourth-order valence-corrected chi connectivity index (χ4v) is 2.32. The van der Waals surface area contributed by atoms with Gasteiger partial charge in [-0.25, -0.2) is 4.79 Å². The van der Waals surface area contributed by atoms with E-state index in [1.807, 2.05) is 0 Å². The van der Waals surface area contributed by atoms with Crippen molar-refractivity contribution in [2.24, 2.45) is 0 Å². The predicted molar refractivity (Wildman–Crippen MR) is 74.7 cm³/mol. The third kappa shape index (κ3) is 1.57. The molecule has 0 atom stereocenters. The zero-order valence-electron chi connectivity index (χ0n) is 9.86. The smallest absolute Gasteiger partial charge is 0.347 e. The number of nitriles is 1. The summed E-state index contributed by atoms with van der Waals surface area (Å²) in [6.45, 7) is 0. The van der Waals surface area contributed by atoms with Crippen LogP contribution in [0.25, 0.3) is 21.7 Å². The van der Waals surface area contributed by atoms with Gasteiger partial charge >= 0.3 is 5.63 Å². The molecule has 0 saturated heterocycles. The monoisotopic (exact) mass is 287 g/mol. The number of rotatable bonds is 0. The summed E-state index contributed by atoms with van der Waals surface area (Å²) in [5.74, 6) is -0.139. The third-order valence-electron chi connectivity index (χ3n) is 2.97. The van der Waals surface area contributed by atoms with Crippen molar-refractivity contribution in [3.05, 3.63) is 49.6 Å². The minimum Gasteiger partial charge on any atom is -0.422 e. The van der Waals surface area contributed by atoms with Crippen LogP contribution in [-0.2, 0) is 0 Å². The maximum Gasteiger partial charge on any atom is 0.347 e. The SMILES string of the molecule is N#Cc1c(=O)[nH]c(N)c2c(=O)oc3ccc(Cl)cc3c12. The highest BCUT2D eigenvalue weighted by molar-refractivity contribution is 6.31. The van der Waals surface area contributed by atoms with Crippen molar-refractivity contribution in [2.45, 2.75) is 0 Å². The highest BCUT2D eigenvalue weighted by Crippen LogP contribution is 2.28. The van der Waals surface area contributed by atoms with Gasteiger partial charge in [-0.05, 0) is 18.2 Å². The van der Waals surface area contributed by atoms with Crippen LogP contribution in [0.4, 0.5) is 5.82 Å². The Balaban J connectivity index is 2.81. The van der Waals surface area contributed by atoms with Crippen LogP contribution in [0.5, 0.6) is 0 Å². The lowest BCUT2D eigenvalue weighted by atomic mass is 10.0. The number of fused-ring (bicyclic) bond motifs is 3. The molecular formula is C13H6ClN3O3. The van der Waals surface area contributed by atoms with Gasteiger partial charge in [0.15, 0.2) is 0 Å². The van der Waals surface area contributed by atoms with Gasteiger partial charge in [-0.1, -0.05) is 11.6 Å². The third-order valence-corrected chi connectivity index (χ3v) is 3.21. The predicted octanol–water partition coefficient (Wildman–Crippen LogP) is 1.74. The van der Waals surface area contributed by atoms with Gasteiger partial charge in [0.05, 0.1) is 0 Å². The van der Waals surface area contributed by atoms with E-state index in [-0.39, 0.29) is 27.7 Å². The van der Waals surface area contributed by atoms with Crippen LogP contribution >= 0.6 is 11.6 Å². The van der Waals surface area contributed by atoms with Crippen molar-refractivity contribution in [2.75, 3.05) is 5.73 Å². The molecule has 98 valence electrons. The van der Waals surface area contributed by atoms with Gasteiger partial charge < -0.3 is 15.1 Å². The lowest BCUT2D eigenvalue weighted by molar-refractivity contribution is 0.569. The molecule has 1 aromatic carbocycles. The summed E-state index contributed by atoms with van der Waals surface area (Å²) in [4.78, 5) is 26.0. The quantitative estimate of drug-likeness (QED) is 0.483. The van der Waals surface area contributed by atoms with E-state index in [1.165, 1.54) is 12.1 Å². The van der Waals surface area contributed by atoms with Crippen molar-refractivity contribution >= 4 is 39.2 Å². The zero-order chi connectivity index (χ0) is 14.4. The number of H-pyrrole nitrogens is 1. The molecule has 0 spiro atoms. The highest BCUT2D eigenvalue weighted by Gasteiger charge is 2.17. The molecule has 0 aliphatic carbocycles. The summed E-state index contributed by atoms with van der Waals surface area (Å²) in [5, 5.41) is 10.0. The minimum atomic E-state index is -0.722. The van der Waals surface area contributed by atoms with Crippen molar-refractivity contribution in [1.29, 1.82) is 5.26 Å². The van der Waals surface area contributed by atoms with Gasteiger partial charge in [0.1, 0.15) is 28.4 Å². The maximum atomic E-state index is 12.0. The fraction of sp³-hybridized carbons (Fsp3) is 0. The van der Waals surface area contributed by atoms with Crippen molar-refractivity contribution in [3.63, 3.8) is 0 Å². The van der Waals surface area contributed by atoms with E-state index in [9.17, 15) is 9.59 Å². The Morgan fingerprint density at radius 3 is 2.75 bits per heavy atom. The summed E-state index contributed by atoms with van der Waals surface area (Å²) < 4.78 is 5.12. The number of aromatic amines is 1. The van der Waals surface area contributed by atoms with Gasteiger partial charge in [0, 0.05) is 15.8 Å². The standard InChI is InChI=1S/C13H6ClN3O3/c14-5-1-2-8-6(3-5)9-7(4-15)12(18)17-11(16)10(9)13(19)20-8/h1-3H,(H3,16,17,18). The largest absolute Gasteiger partial charge is 0.422 e. The molecule has 0 amide bonds. The van der Waals surface area contributed by atoms with E-state index in [0.29, 0.717) is 10.4 Å². The second-order valence-electron chi connectivity index (χ2n) is 4.13. The Morgan fingerprint density at radius 1 is 1.30 bits per heavy atom. The van der Waals surface area contributed by atoms with Crippen LogP contribution in [0.15, 0.2) is 32.2 Å². The van der Waals surface area contributed by atoms with Crippen molar-refractivity contribution in [3.8, 4) is 6.07 Å². The van der Waals surface area contributed by atoms with E-state index in [2.05, 4.69) is 4.98 Å². The number of halogens is 1. The van der Waals surface area contributed by atoms with E-state index in [1.54, 1.807) is 12.1 Å². The van der Waals surface area contributed by atoms with Gasteiger partial charge in [-0.15, -0.1) is 0 Å². The molecule has 3 N–H and O–H groups in total. The lowest BCUT2D eigenvalue weighted by Crippen LogP contribution is -2.17. The normalized spacial score (nSPS) is 10.8. The van der Waals surface area contributed by atoms with E-state index >= 15 is 0 Å². The molecule has 3 rings (SSSR count). The molecular weight excluding hydrogens is 282 g/mol. The average Bonchev–Trinajstić information content (AvgIpc) is 2.39. The number of pyridine rings is 1. The summed E-state index contributed by atoms with van der Waals surface area (Å²) in [6.07, 6.45) is 0. The van der Waals surface area contributed by atoms with Crippen molar-refractivity contribution in [1.82, 2.24) is 4.98 Å². The molecule has 0 unspecified atom stereocenters.